The quantitative estimate of drug-likeness (QED) is 0.825. The van der Waals surface area contributed by atoms with Gasteiger partial charge in [-0.15, -0.1) is 0 Å². The minimum absolute atomic E-state index is 0.153. The van der Waals surface area contributed by atoms with Crippen molar-refractivity contribution in [2.45, 2.75) is 5.60 Å². The number of carbonyl (C=O) groups excluding carboxylic acids is 1. The minimum Gasteiger partial charge on any atom is -0.454 e. The maximum absolute atomic E-state index is 12.2. The van der Waals surface area contributed by atoms with Gasteiger partial charge in [-0.25, -0.2) is 0 Å². The first kappa shape index (κ1) is 11.3. The number of anilines is 1. The van der Waals surface area contributed by atoms with Crippen LogP contribution in [0.15, 0.2) is 42.5 Å². The Hall–Kier alpha value is -2.53. The topological polar surface area (TPSA) is 67.8 Å². The van der Waals surface area contributed by atoms with E-state index in [1.807, 2.05) is 6.07 Å². The number of hydrogen-bond acceptors (Lipinski definition) is 4. The largest absolute Gasteiger partial charge is 0.454 e. The van der Waals surface area contributed by atoms with Gasteiger partial charge in [-0.05, 0) is 18.2 Å². The van der Waals surface area contributed by atoms with Gasteiger partial charge in [-0.2, -0.15) is 0 Å². The number of benzene rings is 2. The molecular formula is C15H11NO4. The zero-order valence-electron chi connectivity index (χ0n) is 10.4. The highest BCUT2D eigenvalue weighted by atomic mass is 16.7. The van der Waals surface area contributed by atoms with Crippen molar-refractivity contribution in [1.82, 2.24) is 0 Å². The lowest BCUT2D eigenvalue weighted by Gasteiger charge is -2.21. The molecule has 2 heterocycles. The molecule has 1 atom stereocenters. The number of ether oxygens (including phenoxy) is 2. The van der Waals surface area contributed by atoms with Crippen LogP contribution in [0, 0.1) is 0 Å². The summed E-state index contributed by atoms with van der Waals surface area (Å²) in [5, 5.41) is 13.6. The minimum atomic E-state index is -1.70. The fraction of sp³-hybridized carbons (Fsp3) is 0.133. The van der Waals surface area contributed by atoms with Crippen LogP contribution in [0.4, 0.5) is 5.69 Å². The highest BCUT2D eigenvalue weighted by Gasteiger charge is 2.47. The van der Waals surface area contributed by atoms with Crippen molar-refractivity contribution in [2.24, 2.45) is 0 Å². The van der Waals surface area contributed by atoms with Crippen LogP contribution in [-0.2, 0) is 10.4 Å². The van der Waals surface area contributed by atoms with E-state index in [-0.39, 0.29) is 6.79 Å². The molecule has 4 rings (SSSR count). The Morgan fingerprint density at radius 3 is 2.80 bits per heavy atom. The monoisotopic (exact) mass is 269 g/mol. The predicted molar refractivity (Wildman–Crippen MR) is 70.6 cm³/mol. The van der Waals surface area contributed by atoms with Gasteiger partial charge < -0.3 is 19.9 Å². The molecule has 0 bridgehead atoms. The van der Waals surface area contributed by atoms with E-state index in [0.29, 0.717) is 28.3 Å². The Balaban J connectivity index is 1.90. The molecule has 0 aromatic heterocycles. The van der Waals surface area contributed by atoms with Gasteiger partial charge in [0.05, 0.1) is 0 Å². The Bertz CT molecular complexity index is 728. The van der Waals surface area contributed by atoms with Crippen molar-refractivity contribution >= 4 is 11.6 Å². The molecule has 0 unspecified atom stereocenters. The maximum Gasteiger partial charge on any atom is 0.265 e. The fourth-order valence-electron chi connectivity index (χ4n) is 2.65. The molecule has 2 aliphatic rings. The van der Waals surface area contributed by atoms with E-state index in [1.54, 1.807) is 36.4 Å². The molecule has 100 valence electrons. The molecule has 2 aromatic rings. The van der Waals surface area contributed by atoms with Crippen molar-refractivity contribution in [3.63, 3.8) is 0 Å². The van der Waals surface area contributed by atoms with Crippen LogP contribution in [0.2, 0.25) is 0 Å². The van der Waals surface area contributed by atoms with Gasteiger partial charge in [-0.1, -0.05) is 24.3 Å². The van der Waals surface area contributed by atoms with Crippen molar-refractivity contribution in [3.05, 3.63) is 53.6 Å². The lowest BCUT2D eigenvalue weighted by Crippen LogP contribution is -2.35. The lowest BCUT2D eigenvalue weighted by molar-refractivity contribution is -0.129. The summed E-state index contributed by atoms with van der Waals surface area (Å²) < 4.78 is 10.5. The molecule has 0 radical (unpaired) electrons. The number of carbonyl (C=O) groups is 1. The fourth-order valence-corrected chi connectivity index (χ4v) is 2.65. The smallest absolute Gasteiger partial charge is 0.265 e. The number of rotatable bonds is 1. The highest BCUT2D eigenvalue weighted by molar-refractivity contribution is 6.07. The van der Waals surface area contributed by atoms with Gasteiger partial charge in [0.2, 0.25) is 6.79 Å². The van der Waals surface area contributed by atoms with E-state index in [4.69, 9.17) is 9.47 Å². The van der Waals surface area contributed by atoms with E-state index >= 15 is 0 Å². The lowest BCUT2D eigenvalue weighted by atomic mass is 9.87. The van der Waals surface area contributed by atoms with Gasteiger partial charge >= 0.3 is 0 Å². The van der Waals surface area contributed by atoms with Gasteiger partial charge in [-0.3, -0.25) is 4.79 Å². The molecule has 2 aromatic carbocycles. The summed E-state index contributed by atoms with van der Waals surface area (Å²) in [6.07, 6.45) is 0. The number of amides is 1. The number of para-hydroxylation sites is 1. The van der Waals surface area contributed by atoms with Gasteiger partial charge in [0.25, 0.3) is 5.91 Å². The van der Waals surface area contributed by atoms with Crippen LogP contribution in [0.1, 0.15) is 11.1 Å². The summed E-state index contributed by atoms with van der Waals surface area (Å²) in [6.45, 7) is 0.153. The second kappa shape index (κ2) is 3.74. The summed E-state index contributed by atoms with van der Waals surface area (Å²) in [5.74, 6) is 0.690. The van der Waals surface area contributed by atoms with Crippen LogP contribution in [-0.4, -0.2) is 17.8 Å². The standard InChI is InChI=1S/C15H11NO4/c17-14-15(18,10-3-1-2-4-11(10)16-14)9-5-6-12-13(7-9)20-8-19-12/h1-7,18H,8H2,(H,16,17)/t15-/m1/s1. The molecule has 1 amide bonds. The van der Waals surface area contributed by atoms with Crippen molar-refractivity contribution in [1.29, 1.82) is 0 Å². The third-order valence-electron chi connectivity index (χ3n) is 3.68. The first-order valence-electron chi connectivity index (χ1n) is 6.23. The van der Waals surface area contributed by atoms with Gasteiger partial charge in [0.1, 0.15) is 0 Å². The highest BCUT2D eigenvalue weighted by Crippen LogP contribution is 2.43. The Morgan fingerprint density at radius 2 is 1.90 bits per heavy atom. The van der Waals surface area contributed by atoms with Crippen LogP contribution >= 0.6 is 0 Å². The average Bonchev–Trinajstić information content (AvgIpc) is 3.03. The maximum atomic E-state index is 12.2. The molecule has 0 fully saturated rings. The Morgan fingerprint density at radius 1 is 1.10 bits per heavy atom. The van der Waals surface area contributed by atoms with E-state index in [2.05, 4.69) is 5.32 Å². The molecule has 0 spiro atoms. The first-order valence-corrected chi connectivity index (χ1v) is 6.23. The van der Waals surface area contributed by atoms with Gasteiger partial charge in [0, 0.05) is 16.8 Å². The molecule has 20 heavy (non-hydrogen) atoms. The number of aliphatic hydroxyl groups is 1. The third kappa shape index (κ3) is 1.32. The summed E-state index contributed by atoms with van der Waals surface area (Å²) in [4.78, 5) is 12.2. The van der Waals surface area contributed by atoms with Crippen LogP contribution in [0.5, 0.6) is 11.5 Å². The molecular weight excluding hydrogens is 258 g/mol. The molecule has 2 N–H and O–H groups in total. The Labute approximate surface area is 114 Å². The summed E-state index contributed by atoms with van der Waals surface area (Å²) in [5.41, 5.74) is -0.0665. The SMILES string of the molecule is O=C1Nc2ccccc2[C@]1(O)c1ccc2c(c1)OCO2. The van der Waals surface area contributed by atoms with Crippen LogP contribution in [0.3, 0.4) is 0 Å². The Kier molecular flexibility index (Phi) is 2.11. The summed E-state index contributed by atoms with van der Waals surface area (Å²) in [7, 11) is 0. The number of hydrogen-bond donors (Lipinski definition) is 2. The summed E-state index contributed by atoms with van der Waals surface area (Å²) in [6, 6.07) is 12.1. The molecule has 5 nitrogen and oxygen atoms in total. The van der Waals surface area contributed by atoms with E-state index in [0.717, 1.165) is 0 Å². The average molecular weight is 269 g/mol. The van der Waals surface area contributed by atoms with Crippen molar-refractivity contribution < 1.29 is 19.4 Å². The van der Waals surface area contributed by atoms with E-state index < -0.39 is 11.5 Å². The number of fused-ring (bicyclic) bond motifs is 2. The van der Waals surface area contributed by atoms with Crippen LogP contribution < -0.4 is 14.8 Å². The van der Waals surface area contributed by atoms with Gasteiger partial charge in [0.15, 0.2) is 17.1 Å². The number of nitrogens with one attached hydrogen (secondary N) is 1. The molecule has 2 aliphatic heterocycles. The second-order valence-corrected chi connectivity index (χ2v) is 4.78. The predicted octanol–water partition coefficient (Wildman–Crippen LogP) is 1.60. The van der Waals surface area contributed by atoms with E-state index in [1.165, 1.54) is 0 Å². The van der Waals surface area contributed by atoms with Crippen molar-refractivity contribution in [3.8, 4) is 11.5 Å². The van der Waals surface area contributed by atoms with Crippen molar-refractivity contribution in [2.75, 3.05) is 12.1 Å². The molecule has 0 saturated heterocycles. The molecule has 5 heteroatoms. The molecule has 0 aliphatic carbocycles. The first-order chi connectivity index (χ1) is 9.69. The third-order valence-corrected chi connectivity index (χ3v) is 3.68. The zero-order chi connectivity index (χ0) is 13.7. The molecule has 0 saturated carbocycles. The van der Waals surface area contributed by atoms with E-state index in [9.17, 15) is 9.90 Å². The van der Waals surface area contributed by atoms with Crippen LogP contribution in [0.25, 0.3) is 0 Å². The normalized spacial score (nSPS) is 22.6. The second-order valence-electron chi connectivity index (χ2n) is 4.78. The summed E-state index contributed by atoms with van der Waals surface area (Å²) >= 11 is 0. The zero-order valence-corrected chi connectivity index (χ0v) is 10.4.